The molecule has 0 atom stereocenters. The second kappa shape index (κ2) is 8.31. The van der Waals surface area contributed by atoms with Crippen LogP contribution in [0.2, 0.25) is 0 Å². The molecule has 112 valence electrons. The molecule has 1 amide bonds. The fraction of sp³-hybridized carbons (Fsp3) is 0.133. The molecular formula is C15H17NO5. The SMILES string of the molecule is CCOC(N)=O.Oc1ccccc1Oc1ccccc1O. The van der Waals surface area contributed by atoms with Crippen LogP contribution in [0, 0.1) is 0 Å². The van der Waals surface area contributed by atoms with Crippen LogP contribution in [0.1, 0.15) is 6.92 Å². The summed E-state index contributed by atoms with van der Waals surface area (Å²) in [5.74, 6) is 0.722. The molecule has 4 N–H and O–H groups in total. The highest BCUT2D eigenvalue weighted by Gasteiger charge is 2.05. The number of phenolic OH excluding ortho intramolecular Hbond substituents is 2. The first-order valence-corrected chi connectivity index (χ1v) is 6.20. The summed E-state index contributed by atoms with van der Waals surface area (Å²) in [6.07, 6.45) is -0.711. The fourth-order valence-electron chi connectivity index (χ4n) is 1.35. The van der Waals surface area contributed by atoms with Crippen molar-refractivity contribution in [2.75, 3.05) is 6.61 Å². The molecule has 0 spiro atoms. The Morgan fingerprint density at radius 1 is 1.00 bits per heavy atom. The van der Waals surface area contributed by atoms with Gasteiger partial charge in [0.25, 0.3) is 0 Å². The predicted molar refractivity (Wildman–Crippen MR) is 77.5 cm³/mol. The molecule has 0 aliphatic carbocycles. The molecule has 6 heteroatoms. The van der Waals surface area contributed by atoms with Gasteiger partial charge < -0.3 is 25.4 Å². The molecule has 0 aromatic heterocycles. The first-order chi connectivity index (χ1) is 10.0. The number of para-hydroxylation sites is 4. The Morgan fingerprint density at radius 3 is 1.71 bits per heavy atom. The van der Waals surface area contributed by atoms with Gasteiger partial charge in [-0.05, 0) is 31.2 Å². The van der Waals surface area contributed by atoms with Crippen molar-refractivity contribution >= 4 is 6.09 Å². The number of hydrogen-bond donors (Lipinski definition) is 3. The Kier molecular flexibility index (Phi) is 6.40. The lowest BCUT2D eigenvalue weighted by atomic mass is 10.3. The molecular weight excluding hydrogens is 274 g/mol. The molecule has 2 aromatic rings. The van der Waals surface area contributed by atoms with Gasteiger partial charge in [-0.15, -0.1) is 0 Å². The van der Waals surface area contributed by atoms with Gasteiger partial charge in [0.2, 0.25) is 0 Å². The maximum Gasteiger partial charge on any atom is 0.404 e. The normalized spacial score (nSPS) is 9.19. The van der Waals surface area contributed by atoms with E-state index in [9.17, 15) is 15.0 Å². The van der Waals surface area contributed by atoms with Crippen LogP contribution in [-0.4, -0.2) is 22.9 Å². The van der Waals surface area contributed by atoms with Crippen LogP contribution in [0.5, 0.6) is 23.0 Å². The van der Waals surface area contributed by atoms with Gasteiger partial charge >= 0.3 is 6.09 Å². The topological polar surface area (TPSA) is 102 Å². The van der Waals surface area contributed by atoms with Gasteiger partial charge in [-0.1, -0.05) is 24.3 Å². The monoisotopic (exact) mass is 291 g/mol. The minimum atomic E-state index is -0.711. The zero-order valence-corrected chi connectivity index (χ0v) is 11.5. The van der Waals surface area contributed by atoms with Crippen LogP contribution in [0.3, 0.4) is 0 Å². The number of amides is 1. The molecule has 0 radical (unpaired) electrons. The molecule has 6 nitrogen and oxygen atoms in total. The Labute approximate surface area is 122 Å². The fourth-order valence-corrected chi connectivity index (χ4v) is 1.35. The van der Waals surface area contributed by atoms with Crippen LogP contribution < -0.4 is 10.5 Å². The molecule has 0 saturated heterocycles. The standard InChI is InChI=1S/C12H10O3.C3H7NO2/c13-9-5-1-3-7-11(9)15-12-8-4-2-6-10(12)14;1-2-6-3(4)5/h1-8,13-14H;2H2,1H3,(H2,4,5). The summed E-state index contributed by atoms with van der Waals surface area (Å²) in [5.41, 5.74) is 4.54. The van der Waals surface area contributed by atoms with E-state index >= 15 is 0 Å². The summed E-state index contributed by atoms with van der Waals surface area (Å²) in [7, 11) is 0. The summed E-state index contributed by atoms with van der Waals surface area (Å²) in [5, 5.41) is 18.9. The lowest BCUT2D eigenvalue weighted by Gasteiger charge is -2.08. The van der Waals surface area contributed by atoms with Gasteiger partial charge in [-0.25, -0.2) is 4.79 Å². The highest BCUT2D eigenvalue weighted by atomic mass is 16.5. The maximum absolute atomic E-state index is 9.60. The molecule has 0 saturated carbocycles. The Bertz CT molecular complexity index is 542. The Balaban J connectivity index is 0.000000315. The van der Waals surface area contributed by atoms with E-state index in [2.05, 4.69) is 10.5 Å². The van der Waals surface area contributed by atoms with Crippen molar-refractivity contribution in [3.05, 3.63) is 48.5 Å². The number of carbonyl (C=O) groups is 1. The van der Waals surface area contributed by atoms with E-state index in [1.54, 1.807) is 43.3 Å². The van der Waals surface area contributed by atoms with E-state index in [4.69, 9.17) is 4.74 Å². The van der Waals surface area contributed by atoms with Gasteiger partial charge in [0, 0.05) is 0 Å². The zero-order valence-electron chi connectivity index (χ0n) is 11.5. The largest absolute Gasteiger partial charge is 0.504 e. The zero-order chi connectivity index (χ0) is 15.7. The smallest absolute Gasteiger partial charge is 0.404 e. The van der Waals surface area contributed by atoms with E-state index in [1.165, 1.54) is 12.1 Å². The molecule has 21 heavy (non-hydrogen) atoms. The number of ether oxygens (including phenoxy) is 2. The van der Waals surface area contributed by atoms with E-state index in [1.807, 2.05) is 0 Å². The highest BCUT2D eigenvalue weighted by molar-refractivity contribution is 5.64. The van der Waals surface area contributed by atoms with E-state index in [-0.39, 0.29) is 11.5 Å². The minimum absolute atomic E-state index is 0.0424. The van der Waals surface area contributed by atoms with Crippen LogP contribution in [0.25, 0.3) is 0 Å². The van der Waals surface area contributed by atoms with Gasteiger partial charge in [-0.3, -0.25) is 0 Å². The lowest BCUT2D eigenvalue weighted by Crippen LogP contribution is -2.11. The van der Waals surface area contributed by atoms with Crippen molar-refractivity contribution in [1.29, 1.82) is 0 Å². The summed E-state index contributed by atoms with van der Waals surface area (Å²) in [4.78, 5) is 9.60. The summed E-state index contributed by atoms with van der Waals surface area (Å²) >= 11 is 0. The van der Waals surface area contributed by atoms with Gasteiger partial charge in [0.1, 0.15) is 0 Å². The number of primary amides is 1. The molecule has 0 heterocycles. The van der Waals surface area contributed by atoms with Gasteiger partial charge in [0.15, 0.2) is 23.0 Å². The van der Waals surface area contributed by atoms with Crippen molar-refractivity contribution in [2.45, 2.75) is 6.92 Å². The average Bonchev–Trinajstić information content (AvgIpc) is 2.44. The van der Waals surface area contributed by atoms with Crippen molar-refractivity contribution in [3.63, 3.8) is 0 Å². The summed E-state index contributed by atoms with van der Waals surface area (Å²) < 4.78 is 9.52. The molecule has 0 aliphatic heterocycles. The Morgan fingerprint density at radius 2 is 1.43 bits per heavy atom. The van der Waals surface area contributed by atoms with E-state index < -0.39 is 6.09 Å². The quantitative estimate of drug-likeness (QED) is 0.806. The molecule has 0 bridgehead atoms. The van der Waals surface area contributed by atoms with Crippen molar-refractivity contribution in [2.24, 2.45) is 5.73 Å². The number of nitrogens with two attached hydrogens (primary N) is 1. The van der Waals surface area contributed by atoms with E-state index in [0.717, 1.165) is 0 Å². The van der Waals surface area contributed by atoms with Gasteiger partial charge in [-0.2, -0.15) is 0 Å². The number of aromatic hydroxyl groups is 2. The first-order valence-electron chi connectivity index (χ1n) is 6.20. The van der Waals surface area contributed by atoms with E-state index in [0.29, 0.717) is 18.1 Å². The van der Waals surface area contributed by atoms with Crippen LogP contribution in [-0.2, 0) is 4.74 Å². The van der Waals surface area contributed by atoms with Crippen molar-refractivity contribution < 1.29 is 24.5 Å². The Hall–Kier alpha value is -2.89. The molecule has 0 aliphatic rings. The third-order valence-electron chi connectivity index (χ3n) is 2.24. The minimum Gasteiger partial charge on any atom is -0.504 e. The molecule has 2 aromatic carbocycles. The number of hydrogen-bond acceptors (Lipinski definition) is 5. The number of carbonyl (C=O) groups excluding carboxylic acids is 1. The second-order valence-corrected chi connectivity index (χ2v) is 3.79. The van der Waals surface area contributed by atoms with Crippen molar-refractivity contribution in [3.8, 4) is 23.0 Å². The van der Waals surface area contributed by atoms with Crippen LogP contribution >= 0.6 is 0 Å². The summed E-state index contributed by atoms with van der Waals surface area (Å²) in [6.45, 7) is 2.06. The number of phenols is 2. The third kappa shape index (κ3) is 5.73. The van der Waals surface area contributed by atoms with Gasteiger partial charge in [0.05, 0.1) is 6.61 Å². The molecule has 0 fully saturated rings. The van der Waals surface area contributed by atoms with Crippen LogP contribution in [0.4, 0.5) is 4.79 Å². The molecule has 2 rings (SSSR count). The van der Waals surface area contributed by atoms with Crippen molar-refractivity contribution in [1.82, 2.24) is 0 Å². The lowest BCUT2D eigenvalue weighted by molar-refractivity contribution is 0.163. The predicted octanol–water partition coefficient (Wildman–Crippen LogP) is 2.99. The second-order valence-electron chi connectivity index (χ2n) is 3.79. The highest BCUT2D eigenvalue weighted by Crippen LogP contribution is 2.34. The first kappa shape index (κ1) is 16.2. The van der Waals surface area contributed by atoms with Crippen LogP contribution in [0.15, 0.2) is 48.5 Å². The molecule has 0 unspecified atom stereocenters. The number of benzene rings is 2. The summed E-state index contributed by atoms with van der Waals surface area (Å²) in [6, 6.07) is 13.2. The number of rotatable bonds is 3. The maximum atomic E-state index is 9.60. The average molecular weight is 291 g/mol. The third-order valence-corrected chi connectivity index (χ3v) is 2.24.